The minimum Gasteiger partial charge on any atom is -0.485 e. The van der Waals surface area contributed by atoms with Crippen molar-refractivity contribution in [1.82, 2.24) is 10.2 Å². The van der Waals surface area contributed by atoms with Crippen molar-refractivity contribution in [3.63, 3.8) is 0 Å². The topological polar surface area (TPSA) is 75.3 Å². The van der Waals surface area contributed by atoms with E-state index in [9.17, 15) is 9.59 Å². The lowest BCUT2D eigenvalue weighted by molar-refractivity contribution is -0.120. The second-order valence-corrected chi connectivity index (χ2v) is 9.69. The summed E-state index contributed by atoms with van der Waals surface area (Å²) in [7, 11) is 0. The standard InChI is InChI=1S/C28H27N3O3S/c1-4-21(32)15-34-23-8-6-5-7-22(23)27-24-25(17(2)3)29-30-26(24)28(33)31(27)20-11-9-18(10-12-20)19-13-14-35-16-19/h5-14,16-17,27H,4,15H2,1-3H3,(H,29,30). The lowest BCUT2D eigenvalue weighted by Crippen LogP contribution is -2.30. The van der Waals surface area contributed by atoms with Crippen molar-refractivity contribution >= 4 is 28.7 Å². The van der Waals surface area contributed by atoms with Crippen LogP contribution in [0.1, 0.15) is 66.5 Å². The molecule has 2 aromatic carbocycles. The Morgan fingerprint density at radius 2 is 1.89 bits per heavy atom. The largest absolute Gasteiger partial charge is 0.485 e. The highest BCUT2D eigenvalue weighted by Crippen LogP contribution is 2.46. The van der Waals surface area contributed by atoms with Crippen molar-refractivity contribution in [3.8, 4) is 16.9 Å². The van der Waals surface area contributed by atoms with Crippen molar-refractivity contribution in [2.24, 2.45) is 0 Å². The van der Waals surface area contributed by atoms with Gasteiger partial charge < -0.3 is 4.74 Å². The third-order valence-corrected chi connectivity index (χ3v) is 7.04. The number of amides is 1. The van der Waals surface area contributed by atoms with Gasteiger partial charge in [-0.15, -0.1) is 0 Å². The first-order valence-corrected chi connectivity index (χ1v) is 12.7. The molecule has 4 aromatic rings. The van der Waals surface area contributed by atoms with Crippen LogP contribution in [-0.2, 0) is 4.79 Å². The first kappa shape index (κ1) is 23.1. The molecule has 2 aromatic heterocycles. The maximum atomic E-state index is 13.7. The van der Waals surface area contributed by atoms with Gasteiger partial charge in [0.1, 0.15) is 12.4 Å². The van der Waals surface area contributed by atoms with Crippen LogP contribution in [0.5, 0.6) is 5.75 Å². The molecule has 0 bridgehead atoms. The van der Waals surface area contributed by atoms with Gasteiger partial charge in [-0.05, 0) is 52.1 Å². The minimum atomic E-state index is -0.423. The molecule has 6 nitrogen and oxygen atoms in total. The summed E-state index contributed by atoms with van der Waals surface area (Å²) in [6, 6.07) is 17.3. The van der Waals surface area contributed by atoms with Crippen LogP contribution in [0, 0.1) is 0 Å². The van der Waals surface area contributed by atoms with Crippen LogP contribution in [0.2, 0.25) is 0 Å². The summed E-state index contributed by atoms with van der Waals surface area (Å²) in [6.07, 6.45) is 0.413. The quantitative estimate of drug-likeness (QED) is 0.315. The molecule has 0 fully saturated rings. The predicted octanol–water partition coefficient (Wildman–Crippen LogP) is 6.37. The molecule has 0 spiro atoms. The Hall–Kier alpha value is -3.71. The van der Waals surface area contributed by atoms with E-state index in [4.69, 9.17) is 4.74 Å². The van der Waals surface area contributed by atoms with E-state index in [-0.39, 0.29) is 24.2 Å². The third kappa shape index (κ3) is 4.17. The van der Waals surface area contributed by atoms with Gasteiger partial charge in [0.2, 0.25) is 0 Å². The molecule has 5 rings (SSSR count). The van der Waals surface area contributed by atoms with Crippen LogP contribution in [0.4, 0.5) is 5.69 Å². The van der Waals surface area contributed by atoms with Crippen LogP contribution >= 0.6 is 11.3 Å². The van der Waals surface area contributed by atoms with Crippen LogP contribution < -0.4 is 9.64 Å². The van der Waals surface area contributed by atoms with Crippen LogP contribution in [0.25, 0.3) is 11.1 Å². The minimum absolute atomic E-state index is 0.00119. The average molecular weight is 486 g/mol. The monoisotopic (exact) mass is 485 g/mol. The maximum Gasteiger partial charge on any atom is 0.280 e. The number of hydrogen-bond donors (Lipinski definition) is 1. The van der Waals surface area contributed by atoms with Crippen molar-refractivity contribution < 1.29 is 14.3 Å². The fourth-order valence-corrected chi connectivity index (χ4v) is 5.17. The number of ketones is 1. The Labute approximate surface area is 208 Å². The van der Waals surface area contributed by atoms with E-state index in [2.05, 4.69) is 40.9 Å². The number of ether oxygens (including phenoxy) is 1. The number of thiophene rings is 1. The molecule has 7 heteroatoms. The molecule has 0 saturated heterocycles. The average Bonchev–Trinajstić information content (AvgIpc) is 3.61. The number of para-hydroxylation sites is 1. The molecule has 0 radical (unpaired) electrons. The van der Waals surface area contributed by atoms with Gasteiger partial charge in [0, 0.05) is 28.9 Å². The van der Waals surface area contributed by atoms with E-state index < -0.39 is 6.04 Å². The lowest BCUT2D eigenvalue weighted by Gasteiger charge is -2.28. The molecule has 1 aliphatic rings. The van der Waals surface area contributed by atoms with Gasteiger partial charge in [-0.2, -0.15) is 16.4 Å². The molecule has 1 unspecified atom stereocenters. The molecule has 3 heterocycles. The van der Waals surface area contributed by atoms with Gasteiger partial charge in [0.25, 0.3) is 5.91 Å². The van der Waals surface area contributed by atoms with Gasteiger partial charge in [0.05, 0.1) is 6.04 Å². The Kier molecular flexibility index (Phi) is 6.26. The normalized spacial score (nSPS) is 15.0. The first-order valence-electron chi connectivity index (χ1n) is 11.8. The van der Waals surface area contributed by atoms with E-state index in [1.807, 2.05) is 55.5 Å². The smallest absolute Gasteiger partial charge is 0.280 e. The van der Waals surface area contributed by atoms with Gasteiger partial charge in [-0.25, -0.2) is 0 Å². The lowest BCUT2D eigenvalue weighted by atomic mass is 9.94. The summed E-state index contributed by atoms with van der Waals surface area (Å²) < 4.78 is 5.96. The van der Waals surface area contributed by atoms with E-state index in [1.54, 1.807) is 16.2 Å². The zero-order chi connectivity index (χ0) is 24.5. The highest BCUT2D eigenvalue weighted by atomic mass is 32.1. The van der Waals surface area contributed by atoms with Crippen molar-refractivity contribution in [3.05, 3.63) is 87.9 Å². The van der Waals surface area contributed by atoms with E-state index in [0.717, 1.165) is 33.6 Å². The number of fused-ring (bicyclic) bond motifs is 1. The number of benzene rings is 2. The molecular formula is C28H27N3O3S. The Balaban J connectivity index is 1.61. The zero-order valence-corrected chi connectivity index (χ0v) is 20.8. The summed E-state index contributed by atoms with van der Waals surface area (Å²) in [5, 5.41) is 11.7. The molecule has 178 valence electrons. The van der Waals surface area contributed by atoms with E-state index in [1.165, 1.54) is 0 Å². The predicted molar refractivity (Wildman–Crippen MR) is 138 cm³/mol. The Morgan fingerprint density at radius 3 is 2.57 bits per heavy atom. The van der Waals surface area contributed by atoms with Gasteiger partial charge in [-0.3, -0.25) is 19.6 Å². The molecular weight excluding hydrogens is 458 g/mol. The number of Topliss-reactive ketones (excluding diaryl/α,β-unsaturated/α-hetero) is 1. The highest BCUT2D eigenvalue weighted by Gasteiger charge is 2.44. The molecule has 1 atom stereocenters. The fourth-order valence-electron chi connectivity index (χ4n) is 4.51. The molecule has 0 saturated carbocycles. The third-order valence-electron chi connectivity index (χ3n) is 6.36. The number of nitrogens with zero attached hydrogens (tertiary/aromatic N) is 2. The number of rotatable bonds is 8. The van der Waals surface area contributed by atoms with Gasteiger partial charge in [-0.1, -0.05) is 51.1 Å². The van der Waals surface area contributed by atoms with E-state index >= 15 is 0 Å². The second-order valence-electron chi connectivity index (χ2n) is 8.91. The summed E-state index contributed by atoms with van der Waals surface area (Å²) in [5.41, 5.74) is 6.08. The number of nitrogens with one attached hydrogen (secondary N) is 1. The number of aromatic amines is 1. The van der Waals surface area contributed by atoms with Crippen LogP contribution in [0.3, 0.4) is 0 Å². The summed E-state index contributed by atoms with van der Waals surface area (Å²) in [4.78, 5) is 27.5. The van der Waals surface area contributed by atoms with Crippen LogP contribution in [0.15, 0.2) is 65.4 Å². The van der Waals surface area contributed by atoms with Crippen molar-refractivity contribution in [2.75, 3.05) is 11.5 Å². The van der Waals surface area contributed by atoms with Gasteiger partial charge in [0.15, 0.2) is 11.5 Å². The SMILES string of the molecule is CCC(=O)COc1ccccc1C1c2c(n[nH]c2C(C)C)C(=O)N1c1ccc(-c2ccsc2)cc1. The number of H-pyrrole nitrogens is 1. The molecule has 35 heavy (non-hydrogen) atoms. The Morgan fingerprint density at radius 1 is 1.11 bits per heavy atom. The fraction of sp³-hybridized carbons (Fsp3) is 0.250. The highest BCUT2D eigenvalue weighted by molar-refractivity contribution is 7.08. The summed E-state index contributed by atoms with van der Waals surface area (Å²) in [5.74, 6) is 0.610. The summed E-state index contributed by atoms with van der Waals surface area (Å²) >= 11 is 1.65. The first-order chi connectivity index (χ1) is 17.0. The van der Waals surface area contributed by atoms with Gasteiger partial charge >= 0.3 is 0 Å². The summed E-state index contributed by atoms with van der Waals surface area (Å²) in [6.45, 7) is 5.98. The number of aromatic nitrogens is 2. The number of carbonyl (C=O) groups excluding carboxylic acids is 2. The maximum absolute atomic E-state index is 13.7. The molecule has 0 aliphatic carbocycles. The van der Waals surface area contributed by atoms with Crippen molar-refractivity contribution in [2.45, 2.75) is 39.2 Å². The number of hydrogen-bond acceptors (Lipinski definition) is 5. The molecule has 1 N–H and O–H groups in total. The van der Waals surface area contributed by atoms with Crippen molar-refractivity contribution in [1.29, 1.82) is 0 Å². The van der Waals surface area contributed by atoms with Crippen LogP contribution in [-0.4, -0.2) is 28.5 Å². The number of anilines is 1. The second kappa shape index (κ2) is 9.50. The molecule has 1 amide bonds. The molecule has 1 aliphatic heterocycles. The zero-order valence-electron chi connectivity index (χ0n) is 19.9. The Bertz CT molecular complexity index is 1360. The number of carbonyl (C=O) groups is 2. The van der Waals surface area contributed by atoms with E-state index in [0.29, 0.717) is 17.9 Å².